The van der Waals surface area contributed by atoms with Crippen molar-refractivity contribution in [3.05, 3.63) is 89.5 Å². The summed E-state index contributed by atoms with van der Waals surface area (Å²) in [7, 11) is 2.90. The second-order valence-electron chi connectivity index (χ2n) is 7.17. The average Bonchev–Trinajstić information content (AvgIpc) is 2.79. The standard InChI is InChI=1S/C24H22F3N3O3/c1-30(15-17-7-3-4-8-19(17)24(25,26)27)23(32)28-18-13-11-16(12-14-18)22(31)29-20-9-5-6-10-21(20)33-2/h3-14H,15H2,1-2H3,(H,28,32)(H,29,31). The molecule has 0 spiro atoms. The molecule has 0 heterocycles. The van der Waals surface area contributed by atoms with Crippen LogP contribution in [0.25, 0.3) is 0 Å². The lowest BCUT2D eigenvalue weighted by Gasteiger charge is -2.20. The predicted octanol–water partition coefficient (Wildman–Crippen LogP) is 5.63. The van der Waals surface area contributed by atoms with Gasteiger partial charge in [-0.3, -0.25) is 4.79 Å². The Labute approximate surface area is 189 Å². The number of rotatable bonds is 6. The van der Waals surface area contributed by atoms with Gasteiger partial charge in [-0.2, -0.15) is 13.2 Å². The molecule has 3 amide bonds. The number of hydrogen-bond acceptors (Lipinski definition) is 3. The maximum atomic E-state index is 13.2. The highest BCUT2D eigenvalue weighted by molar-refractivity contribution is 6.05. The number of benzene rings is 3. The van der Waals surface area contributed by atoms with E-state index in [1.54, 1.807) is 24.3 Å². The Morgan fingerprint density at radius 1 is 0.909 bits per heavy atom. The van der Waals surface area contributed by atoms with Crippen molar-refractivity contribution in [3.63, 3.8) is 0 Å². The summed E-state index contributed by atoms with van der Waals surface area (Å²) in [5.41, 5.74) is 0.473. The Kier molecular flexibility index (Phi) is 7.22. The molecule has 9 heteroatoms. The number of nitrogens with one attached hydrogen (secondary N) is 2. The minimum Gasteiger partial charge on any atom is -0.495 e. The smallest absolute Gasteiger partial charge is 0.416 e. The lowest BCUT2D eigenvalue weighted by molar-refractivity contribution is -0.138. The van der Waals surface area contributed by atoms with Crippen LogP contribution < -0.4 is 15.4 Å². The molecule has 3 aromatic rings. The van der Waals surface area contributed by atoms with Crippen LogP contribution in [0.3, 0.4) is 0 Å². The third kappa shape index (κ3) is 6.03. The summed E-state index contributed by atoms with van der Waals surface area (Å²) in [5, 5.41) is 5.36. The maximum Gasteiger partial charge on any atom is 0.416 e. The van der Waals surface area contributed by atoms with Crippen molar-refractivity contribution in [2.45, 2.75) is 12.7 Å². The largest absolute Gasteiger partial charge is 0.495 e. The van der Waals surface area contributed by atoms with Crippen LogP contribution in [0.15, 0.2) is 72.8 Å². The van der Waals surface area contributed by atoms with E-state index in [2.05, 4.69) is 10.6 Å². The van der Waals surface area contributed by atoms with Crippen molar-refractivity contribution in [2.75, 3.05) is 24.8 Å². The molecular formula is C24H22F3N3O3. The van der Waals surface area contributed by atoms with Crippen LogP contribution in [0.4, 0.5) is 29.3 Å². The van der Waals surface area contributed by atoms with E-state index in [0.717, 1.165) is 11.0 Å². The van der Waals surface area contributed by atoms with Gasteiger partial charge in [0.2, 0.25) is 0 Å². The van der Waals surface area contributed by atoms with Gasteiger partial charge in [0.25, 0.3) is 5.91 Å². The fourth-order valence-electron chi connectivity index (χ4n) is 3.13. The fraction of sp³-hybridized carbons (Fsp3) is 0.167. The average molecular weight is 457 g/mol. The first-order chi connectivity index (χ1) is 15.7. The van der Waals surface area contributed by atoms with E-state index >= 15 is 0 Å². The summed E-state index contributed by atoms with van der Waals surface area (Å²) in [6.45, 7) is -0.221. The number of ether oxygens (including phenoxy) is 1. The Hall–Kier alpha value is -4.01. The molecule has 0 aliphatic heterocycles. The van der Waals surface area contributed by atoms with Crippen LogP contribution >= 0.6 is 0 Å². The van der Waals surface area contributed by atoms with E-state index in [1.807, 2.05) is 0 Å². The van der Waals surface area contributed by atoms with Gasteiger partial charge in [-0.05, 0) is 48.0 Å². The minimum absolute atomic E-state index is 0.00832. The molecule has 0 saturated heterocycles. The molecule has 0 aliphatic rings. The SMILES string of the molecule is COc1ccccc1NC(=O)c1ccc(NC(=O)N(C)Cc2ccccc2C(F)(F)F)cc1. The zero-order chi connectivity index (χ0) is 24.0. The Bertz CT molecular complexity index is 1130. The number of alkyl halides is 3. The Morgan fingerprint density at radius 2 is 1.55 bits per heavy atom. The molecule has 172 valence electrons. The van der Waals surface area contributed by atoms with Gasteiger partial charge in [0.1, 0.15) is 5.75 Å². The minimum atomic E-state index is -4.51. The van der Waals surface area contributed by atoms with Gasteiger partial charge in [-0.25, -0.2) is 4.79 Å². The van der Waals surface area contributed by atoms with Crippen molar-refractivity contribution >= 4 is 23.3 Å². The molecule has 3 aromatic carbocycles. The highest BCUT2D eigenvalue weighted by atomic mass is 19.4. The first-order valence-corrected chi connectivity index (χ1v) is 9.90. The predicted molar refractivity (Wildman–Crippen MR) is 119 cm³/mol. The molecule has 0 radical (unpaired) electrons. The number of methoxy groups -OCH3 is 1. The van der Waals surface area contributed by atoms with E-state index in [9.17, 15) is 22.8 Å². The second-order valence-corrected chi connectivity index (χ2v) is 7.17. The Balaban J connectivity index is 1.63. The lowest BCUT2D eigenvalue weighted by Crippen LogP contribution is -2.31. The summed E-state index contributed by atoms with van der Waals surface area (Å²) in [6.07, 6.45) is -4.51. The van der Waals surface area contributed by atoms with Crippen molar-refractivity contribution in [3.8, 4) is 5.75 Å². The van der Waals surface area contributed by atoms with Crippen molar-refractivity contribution in [1.29, 1.82) is 0 Å². The normalized spacial score (nSPS) is 10.9. The van der Waals surface area contributed by atoms with Crippen molar-refractivity contribution in [1.82, 2.24) is 4.90 Å². The molecule has 3 rings (SSSR count). The molecule has 0 bridgehead atoms. The second kappa shape index (κ2) is 10.1. The molecule has 33 heavy (non-hydrogen) atoms. The van der Waals surface area contributed by atoms with Crippen LogP contribution in [-0.4, -0.2) is 31.0 Å². The van der Waals surface area contributed by atoms with Crippen LogP contribution in [0.5, 0.6) is 5.75 Å². The van der Waals surface area contributed by atoms with Gasteiger partial charge in [0, 0.05) is 24.8 Å². The third-order valence-corrected chi connectivity index (χ3v) is 4.83. The molecule has 0 aliphatic carbocycles. The summed E-state index contributed by atoms with van der Waals surface area (Å²) < 4.78 is 44.7. The number of amides is 3. The van der Waals surface area contributed by atoms with Crippen LogP contribution in [0, 0.1) is 0 Å². The summed E-state index contributed by atoms with van der Waals surface area (Å²) >= 11 is 0. The number of carbonyl (C=O) groups excluding carboxylic acids is 2. The summed E-state index contributed by atoms with van der Waals surface area (Å²) in [6, 6.07) is 17.6. The molecule has 6 nitrogen and oxygen atoms in total. The number of carbonyl (C=O) groups is 2. The molecule has 0 fully saturated rings. The number of nitrogens with zero attached hydrogens (tertiary/aromatic N) is 1. The zero-order valence-corrected chi connectivity index (χ0v) is 17.9. The van der Waals surface area contributed by atoms with Crippen LogP contribution in [0.1, 0.15) is 21.5 Å². The highest BCUT2D eigenvalue weighted by Crippen LogP contribution is 2.32. The quantitative estimate of drug-likeness (QED) is 0.504. The van der Waals surface area contributed by atoms with Gasteiger partial charge in [0.05, 0.1) is 18.4 Å². The molecular weight excluding hydrogens is 435 g/mol. The van der Waals surface area contributed by atoms with E-state index in [1.165, 1.54) is 56.6 Å². The van der Waals surface area contributed by atoms with Crippen molar-refractivity contribution in [2.24, 2.45) is 0 Å². The topological polar surface area (TPSA) is 70.7 Å². The number of anilines is 2. The summed E-state index contributed by atoms with van der Waals surface area (Å²) in [4.78, 5) is 26.1. The van der Waals surface area contributed by atoms with Gasteiger partial charge in [-0.15, -0.1) is 0 Å². The van der Waals surface area contributed by atoms with E-state index in [4.69, 9.17) is 4.74 Å². The molecule has 2 N–H and O–H groups in total. The molecule has 0 atom stereocenters. The third-order valence-electron chi connectivity index (χ3n) is 4.83. The summed E-state index contributed by atoms with van der Waals surface area (Å²) in [5.74, 6) is 0.156. The van der Waals surface area contributed by atoms with Gasteiger partial charge in [-0.1, -0.05) is 30.3 Å². The highest BCUT2D eigenvalue weighted by Gasteiger charge is 2.33. The molecule has 0 saturated carbocycles. The lowest BCUT2D eigenvalue weighted by atomic mass is 10.1. The number of urea groups is 1. The zero-order valence-electron chi connectivity index (χ0n) is 17.9. The monoisotopic (exact) mass is 457 g/mol. The Morgan fingerprint density at radius 3 is 2.21 bits per heavy atom. The molecule has 0 aromatic heterocycles. The van der Waals surface area contributed by atoms with Gasteiger partial charge in [0.15, 0.2) is 0 Å². The van der Waals surface area contributed by atoms with E-state index in [-0.39, 0.29) is 18.0 Å². The van der Waals surface area contributed by atoms with E-state index < -0.39 is 17.8 Å². The first-order valence-electron chi connectivity index (χ1n) is 9.90. The van der Waals surface area contributed by atoms with Crippen LogP contribution in [0.2, 0.25) is 0 Å². The number of hydrogen-bond donors (Lipinski definition) is 2. The van der Waals surface area contributed by atoms with Crippen LogP contribution in [-0.2, 0) is 12.7 Å². The molecule has 0 unspecified atom stereocenters. The number of halogens is 3. The first kappa shape index (κ1) is 23.6. The van der Waals surface area contributed by atoms with E-state index in [0.29, 0.717) is 22.7 Å². The maximum absolute atomic E-state index is 13.2. The number of para-hydroxylation sites is 2. The fourth-order valence-corrected chi connectivity index (χ4v) is 3.13. The van der Waals surface area contributed by atoms with Gasteiger partial charge < -0.3 is 20.3 Å². The van der Waals surface area contributed by atoms with Gasteiger partial charge >= 0.3 is 12.2 Å². The van der Waals surface area contributed by atoms with Crippen molar-refractivity contribution < 1.29 is 27.5 Å².